The van der Waals surface area contributed by atoms with Crippen LogP contribution in [-0.4, -0.2) is 22.0 Å². The lowest BCUT2D eigenvalue weighted by atomic mass is 10.2. The van der Waals surface area contributed by atoms with Crippen molar-refractivity contribution in [2.24, 2.45) is 0 Å². The molecule has 0 fully saturated rings. The standard InChI is InChI=1S/C12H16N2O4/c1-12(2,3)18-13(9-15)8-10-5-4-6-11(7-10)14(16)17/h4-7,9H,8H2,1-3H3. The fraction of sp³-hybridized carbons (Fsp3) is 0.417. The zero-order valence-corrected chi connectivity index (χ0v) is 10.6. The minimum absolute atomic E-state index is 0.00546. The lowest BCUT2D eigenvalue weighted by Crippen LogP contribution is -2.32. The van der Waals surface area contributed by atoms with Gasteiger partial charge in [0.2, 0.25) is 6.41 Å². The summed E-state index contributed by atoms with van der Waals surface area (Å²) in [6.45, 7) is 5.62. The van der Waals surface area contributed by atoms with Crippen LogP contribution in [0.1, 0.15) is 26.3 Å². The van der Waals surface area contributed by atoms with E-state index in [1.807, 2.05) is 20.8 Å². The van der Waals surface area contributed by atoms with Crippen LogP contribution < -0.4 is 0 Å². The molecule has 1 amide bonds. The van der Waals surface area contributed by atoms with E-state index in [1.165, 1.54) is 12.1 Å². The van der Waals surface area contributed by atoms with E-state index in [9.17, 15) is 14.9 Å². The summed E-state index contributed by atoms with van der Waals surface area (Å²) in [6.07, 6.45) is 0.560. The predicted octanol–water partition coefficient (Wildman–Crippen LogP) is 2.28. The first kappa shape index (κ1) is 14.1. The summed E-state index contributed by atoms with van der Waals surface area (Å²) in [7, 11) is 0. The van der Waals surface area contributed by atoms with Crippen LogP contribution in [0, 0.1) is 10.1 Å². The van der Waals surface area contributed by atoms with Gasteiger partial charge in [0.25, 0.3) is 5.69 Å². The average Bonchev–Trinajstić information content (AvgIpc) is 2.26. The average molecular weight is 252 g/mol. The first-order chi connectivity index (χ1) is 8.31. The fourth-order valence-electron chi connectivity index (χ4n) is 1.39. The van der Waals surface area contributed by atoms with Crippen molar-refractivity contribution in [3.05, 3.63) is 39.9 Å². The molecule has 0 aliphatic rings. The highest BCUT2D eigenvalue weighted by Gasteiger charge is 2.17. The summed E-state index contributed by atoms with van der Waals surface area (Å²) in [6, 6.07) is 6.10. The molecule has 1 aromatic rings. The fourth-order valence-corrected chi connectivity index (χ4v) is 1.39. The van der Waals surface area contributed by atoms with Gasteiger partial charge in [0.1, 0.15) is 0 Å². The van der Waals surface area contributed by atoms with Crippen molar-refractivity contribution in [1.82, 2.24) is 5.06 Å². The van der Waals surface area contributed by atoms with Gasteiger partial charge in [-0.3, -0.25) is 19.7 Å². The van der Waals surface area contributed by atoms with Crippen molar-refractivity contribution in [2.45, 2.75) is 32.9 Å². The summed E-state index contributed by atoms with van der Waals surface area (Å²) < 4.78 is 0. The largest absolute Gasteiger partial charge is 0.276 e. The number of carbonyl (C=O) groups excluding carboxylic acids is 1. The van der Waals surface area contributed by atoms with Gasteiger partial charge in [-0.15, -0.1) is 0 Å². The number of hydrogen-bond donors (Lipinski definition) is 0. The van der Waals surface area contributed by atoms with E-state index in [1.54, 1.807) is 12.1 Å². The van der Waals surface area contributed by atoms with Gasteiger partial charge >= 0.3 is 0 Å². The minimum atomic E-state index is -0.498. The molecule has 1 aromatic carbocycles. The van der Waals surface area contributed by atoms with E-state index in [2.05, 4.69) is 0 Å². The summed E-state index contributed by atoms with van der Waals surface area (Å²) in [5.74, 6) is 0. The van der Waals surface area contributed by atoms with E-state index in [0.29, 0.717) is 12.0 Å². The second-order valence-corrected chi connectivity index (χ2v) is 4.81. The summed E-state index contributed by atoms with van der Waals surface area (Å²) in [5.41, 5.74) is 0.136. The van der Waals surface area contributed by atoms with E-state index < -0.39 is 10.5 Å². The molecule has 0 aliphatic heterocycles. The molecule has 0 spiro atoms. The third-order valence-electron chi connectivity index (χ3n) is 1.97. The van der Waals surface area contributed by atoms with Crippen LogP contribution >= 0.6 is 0 Å². The molecule has 0 aliphatic carbocycles. The lowest BCUT2D eigenvalue weighted by molar-refractivity contribution is -0.385. The SMILES string of the molecule is CC(C)(C)ON(C=O)Cc1cccc([N+](=O)[O-])c1. The van der Waals surface area contributed by atoms with Crippen molar-refractivity contribution in [3.8, 4) is 0 Å². The van der Waals surface area contributed by atoms with Crippen LogP contribution in [-0.2, 0) is 16.2 Å². The number of amides is 1. The molecule has 0 heterocycles. The molecule has 1 rings (SSSR count). The van der Waals surface area contributed by atoms with Crippen molar-refractivity contribution >= 4 is 12.1 Å². The maximum atomic E-state index is 10.9. The van der Waals surface area contributed by atoms with Gasteiger partial charge in [0.05, 0.1) is 17.1 Å². The summed E-state index contributed by atoms with van der Waals surface area (Å²) in [5, 5.41) is 11.8. The number of non-ortho nitro benzene ring substituents is 1. The molecule has 0 radical (unpaired) electrons. The molecule has 0 bridgehead atoms. The van der Waals surface area contributed by atoms with Crippen LogP contribution in [0.2, 0.25) is 0 Å². The zero-order valence-electron chi connectivity index (χ0n) is 10.6. The van der Waals surface area contributed by atoms with Crippen molar-refractivity contribution in [2.75, 3.05) is 0 Å². The van der Waals surface area contributed by atoms with Gasteiger partial charge < -0.3 is 0 Å². The van der Waals surface area contributed by atoms with Gasteiger partial charge in [0, 0.05) is 12.1 Å². The molecule has 0 saturated carbocycles. The molecule has 0 unspecified atom stereocenters. The summed E-state index contributed by atoms with van der Waals surface area (Å²) in [4.78, 5) is 26.4. The Morgan fingerprint density at radius 2 is 2.11 bits per heavy atom. The number of hydroxylamine groups is 2. The highest BCUT2D eigenvalue weighted by atomic mass is 16.7. The Morgan fingerprint density at radius 3 is 2.61 bits per heavy atom. The normalized spacial score (nSPS) is 11.1. The number of benzene rings is 1. The third kappa shape index (κ3) is 4.50. The highest BCUT2D eigenvalue weighted by molar-refractivity contribution is 5.46. The number of rotatable bonds is 5. The van der Waals surface area contributed by atoms with Crippen LogP contribution in [0.15, 0.2) is 24.3 Å². The Morgan fingerprint density at radius 1 is 1.44 bits per heavy atom. The van der Waals surface area contributed by atoms with Crippen LogP contribution in [0.25, 0.3) is 0 Å². The second kappa shape index (κ2) is 5.59. The quantitative estimate of drug-likeness (QED) is 0.458. The number of nitro groups is 1. The maximum absolute atomic E-state index is 10.9. The molecule has 0 saturated heterocycles. The van der Waals surface area contributed by atoms with Crippen LogP contribution in [0.3, 0.4) is 0 Å². The predicted molar refractivity (Wildman–Crippen MR) is 65.5 cm³/mol. The smallest absolute Gasteiger partial charge is 0.269 e. The van der Waals surface area contributed by atoms with Gasteiger partial charge in [-0.05, 0) is 26.3 Å². The molecule has 6 nitrogen and oxygen atoms in total. The van der Waals surface area contributed by atoms with Gasteiger partial charge in [0.15, 0.2) is 0 Å². The van der Waals surface area contributed by atoms with Gasteiger partial charge in [-0.2, -0.15) is 0 Å². The van der Waals surface area contributed by atoms with Crippen LogP contribution in [0.4, 0.5) is 5.69 Å². The molecule has 0 aromatic heterocycles. The third-order valence-corrected chi connectivity index (χ3v) is 1.97. The molecule has 6 heteroatoms. The Hall–Kier alpha value is -1.95. The van der Waals surface area contributed by atoms with E-state index in [-0.39, 0.29) is 12.2 Å². The monoisotopic (exact) mass is 252 g/mol. The first-order valence-corrected chi connectivity index (χ1v) is 5.46. The van der Waals surface area contributed by atoms with Gasteiger partial charge in [-0.25, -0.2) is 5.06 Å². The van der Waals surface area contributed by atoms with E-state index in [4.69, 9.17) is 4.84 Å². The molecule has 0 N–H and O–H groups in total. The zero-order chi connectivity index (χ0) is 13.8. The second-order valence-electron chi connectivity index (χ2n) is 4.81. The van der Waals surface area contributed by atoms with E-state index in [0.717, 1.165) is 5.06 Å². The molecule has 98 valence electrons. The van der Waals surface area contributed by atoms with E-state index >= 15 is 0 Å². The molecular formula is C12H16N2O4. The van der Waals surface area contributed by atoms with Crippen molar-refractivity contribution in [3.63, 3.8) is 0 Å². The maximum Gasteiger partial charge on any atom is 0.269 e. The number of nitro benzene ring substituents is 1. The molecule has 18 heavy (non-hydrogen) atoms. The Balaban J connectivity index is 2.79. The first-order valence-electron chi connectivity index (χ1n) is 5.46. The lowest BCUT2D eigenvalue weighted by Gasteiger charge is -2.26. The topological polar surface area (TPSA) is 72.7 Å². The molecular weight excluding hydrogens is 236 g/mol. The number of carbonyl (C=O) groups is 1. The minimum Gasteiger partial charge on any atom is -0.276 e. The number of nitrogens with zero attached hydrogens (tertiary/aromatic N) is 2. The Labute approximate surface area is 105 Å². The highest BCUT2D eigenvalue weighted by Crippen LogP contribution is 2.16. The van der Waals surface area contributed by atoms with Gasteiger partial charge in [-0.1, -0.05) is 12.1 Å². The van der Waals surface area contributed by atoms with Crippen LogP contribution in [0.5, 0.6) is 0 Å². The molecule has 0 atom stereocenters. The van der Waals surface area contributed by atoms with Crippen molar-refractivity contribution in [1.29, 1.82) is 0 Å². The Kier molecular flexibility index (Phi) is 4.38. The summed E-state index contributed by atoms with van der Waals surface area (Å²) >= 11 is 0. The Bertz CT molecular complexity index is 440. The number of hydrogen-bond acceptors (Lipinski definition) is 4. The van der Waals surface area contributed by atoms with Crippen molar-refractivity contribution < 1.29 is 14.6 Å².